The quantitative estimate of drug-likeness (QED) is 0.246. The second kappa shape index (κ2) is 12.7. The number of aromatic nitrogens is 4. The molecule has 2 aliphatic rings. The Kier molecular flexibility index (Phi) is 8.61. The summed E-state index contributed by atoms with van der Waals surface area (Å²) in [5, 5.41) is 16.8. The molecule has 4 atom stereocenters. The number of nitriles is 1. The molecule has 4 unspecified atom stereocenters. The van der Waals surface area contributed by atoms with E-state index < -0.39 is 11.6 Å². The van der Waals surface area contributed by atoms with Crippen molar-refractivity contribution >= 4 is 17.2 Å². The highest BCUT2D eigenvalue weighted by molar-refractivity contribution is 5.66. The minimum absolute atomic E-state index is 0.0732. The number of hydrogen-bond acceptors (Lipinski definition) is 8. The molecule has 43 heavy (non-hydrogen) atoms. The van der Waals surface area contributed by atoms with Gasteiger partial charge in [-0.1, -0.05) is 6.92 Å². The average Bonchev–Trinajstić information content (AvgIpc) is 3.40. The molecule has 6 rings (SSSR count). The number of nitrogens with two attached hydrogens (primary N) is 1. The summed E-state index contributed by atoms with van der Waals surface area (Å²) in [6, 6.07) is 10.1. The van der Waals surface area contributed by atoms with Crippen LogP contribution in [0, 0.1) is 28.9 Å². The Balaban J connectivity index is 1.26. The molecule has 0 radical (unpaired) electrons. The number of hydrogen-bond donors (Lipinski definition) is 2. The Morgan fingerprint density at radius 3 is 2.65 bits per heavy atom. The van der Waals surface area contributed by atoms with Crippen molar-refractivity contribution in [3.05, 3.63) is 71.7 Å². The van der Waals surface area contributed by atoms with Gasteiger partial charge in [0.15, 0.2) is 0 Å². The summed E-state index contributed by atoms with van der Waals surface area (Å²) in [5.74, 6) is -0.461. The molecule has 0 spiro atoms. The van der Waals surface area contributed by atoms with Crippen molar-refractivity contribution in [1.82, 2.24) is 19.6 Å². The van der Waals surface area contributed by atoms with Gasteiger partial charge in [0.1, 0.15) is 11.6 Å². The number of nitrogens with zero attached hydrogens (tertiary/aromatic N) is 5. The van der Waals surface area contributed by atoms with Crippen LogP contribution >= 0.6 is 0 Å². The maximum Gasteiger partial charge on any atom is 0.229 e. The predicted molar refractivity (Wildman–Crippen MR) is 158 cm³/mol. The first-order valence-corrected chi connectivity index (χ1v) is 14.8. The summed E-state index contributed by atoms with van der Waals surface area (Å²) in [6.07, 6.45) is 8.43. The molecule has 3 N–H and O–H groups in total. The van der Waals surface area contributed by atoms with E-state index in [1.165, 1.54) is 12.1 Å². The van der Waals surface area contributed by atoms with Gasteiger partial charge in [-0.2, -0.15) is 14.9 Å². The third-order valence-corrected chi connectivity index (χ3v) is 8.66. The van der Waals surface area contributed by atoms with Crippen LogP contribution in [0.1, 0.15) is 62.0 Å². The number of imidazole rings is 1. The lowest BCUT2D eigenvalue weighted by atomic mass is 9.74. The van der Waals surface area contributed by atoms with Crippen LogP contribution in [0.4, 0.5) is 20.4 Å². The van der Waals surface area contributed by atoms with Crippen molar-refractivity contribution in [2.24, 2.45) is 11.7 Å². The van der Waals surface area contributed by atoms with Crippen molar-refractivity contribution in [2.75, 3.05) is 25.1 Å². The highest BCUT2D eigenvalue weighted by Gasteiger charge is 2.36. The van der Waals surface area contributed by atoms with E-state index in [0.29, 0.717) is 49.7 Å². The van der Waals surface area contributed by atoms with Gasteiger partial charge < -0.3 is 20.5 Å². The molecular weight excluding hydrogens is 552 g/mol. The molecule has 224 valence electrons. The van der Waals surface area contributed by atoms with E-state index in [-0.39, 0.29) is 41.2 Å². The molecule has 1 aliphatic heterocycles. The molecule has 1 saturated carbocycles. The molecule has 1 aliphatic carbocycles. The van der Waals surface area contributed by atoms with E-state index in [4.69, 9.17) is 20.5 Å². The predicted octanol–water partition coefficient (Wildman–Crippen LogP) is 5.85. The Bertz CT molecular complexity index is 1600. The standard InChI is InChI=1S/C32H35F2N7O2/c1-19-13-22(16-27(36)31(19)43-10-2-8-35)24-5-9-37-18-29(24)39-32-38-17-23-3-4-28(40-41(23)32)30-25(33)14-21(15-26(30)34)20-6-11-42-12-7-20/h3-5,9,14-15,17-20,22,27,31H,2,6-7,10-13,16,36H2,1H3,(H,38,39). The minimum Gasteiger partial charge on any atom is -0.381 e. The van der Waals surface area contributed by atoms with Crippen LogP contribution in [0.3, 0.4) is 0 Å². The second-order valence-corrected chi connectivity index (χ2v) is 11.5. The van der Waals surface area contributed by atoms with Gasteiger partial charge in [-0.15, -0.1) is 0 Å². The smallest absolute Gasteiger partial charge is 0.229 e. The van der Waals surface area contributed by atoms with E-state index in [2.05, 4.69) is 33.4 Å². The Labute approximate surface area is 249 Å². The van der Waals surface area contributed by atoms with Crippen molar-refractivity contribution < 1.29 is 18.3 Å². The monoisotopic (exact) mass is 587 g/mol. The van der Waals surface area contributed by atoms with Crippen LogP contribution in [0.5, 0.6) is 0 Å². The van der Waals surface area contributed by atoms with Gasteiger partial charge in [0, 0.05) is 25.5 Å². The van der Waals surface area contributed by atoms with Gasteiger partial charge in [-0.05, 0) is 84.9 Å². The molecular formula is C32H35F2N7O2. The summed E-state index contributed by atoms with van der Waals surface area (Å²) in [6.45, 7) is 3.68. The van der Waals surface area contributed by atoms with Gasteiger partial charge in [-0.25, -0.2) is 13.8 Å². The summed E-state index contributed by atoms with van der Waals surface area (Å²) < 4.78 is 43.6. The van der Waals surface area contributed by atoms with Crippen LogP contribution in [-0.4, -0.2) is 51.5 Å². The third kappa shape index (κ3) is 6.09. The molecule has 1 aromatic carbocycles. The zero-order valence-electron chi connectivity index (χ0n) is 24.0. The first-order chi connectivity index (χ1) is 20.9. The molecule has 0 amide bonds. The Hall–Kier alpha value is -3.98. The topological polar surface area (TPSA) is 123 Å². The van der Waals surface area contributed by atoms with Gasteiger partial charge >= 0.3 is 0 Å². The maximum atomic E-state index is 15.4. The number of rotatable bonds is 8. The molecule has 9 nitrogen and oxygen atoms in total. The zero-order valence-corrected chi connectivity index (χ0v) is 24.0. The normalized spacial score (nSPS) is 22.9. The van der Waals surface area contributed by atoms with Crippen molar-refractivity contribution in [1.29, 1.82) is 5.26 Å². The minimum atomic E-state index is -0.643. The highest BCUT2D eigenvalue weighted by atomic mass is 19.1. The van der Waals surface area contributed by atoms with Crippen molar-refractivity contribution in [3.8, 4) is 17.3 Å². The van der Waals surface area contributed by atoms with Gasteiger partial charge in [-0.3, -0.25) is 4.98 Å². The summed E-state index contributed by atoms with van der Waals surface area (Å²) in [7, 11) is 0. The Morgan fingerprint density at radius 2 is 1.91 bits per heavy atom. The van der Waals surface area contributed by atoms with Crippen molar-refractivity contribution in [2.45, 2.75) is 63.0 Å². The number of nitrogens with one attached hydrogen (secondary N) is 1. The van der Waals surface area contributed by atoms with Gasteiger partial charge in [0.25, 0.3) is 0 Å². The van der Waals surface area contributed by atoms with Crippen LogP contribution in [0.2, 0.25) is 0 Å². The number of halogens is 2. The molecule has 2 fully saturated rings. The molecule has 3 aromatic heterocycles. The summed E-state index contributed by atoms with van der Waals surface area (Å²) in [5.41, 5.74) is 9.67. The molecule has 4 heterocycles. The van der Waals surface area contributed by atoms with E-state index in [1.807, 2.05) is 6.07 Å². The lowest BCUT2D eigenvalue weighted by Crippen LogP contribution is -2.46. The van der Waals surface area contributed by atoms with E-state index >= 15 is 8.78 Å². The van der Waals surface area contributed by atoms with Gasteiger partial charge in [0.2, 0.25) is 5.95 Å². The van der Waals surface area contributed by atoms with Crippen molar-refractivity contribution in [3.63, 3.8) is 0 Å². The lowest BCUT2D eigenvalue weighted by Gasteiger charge is -2.39. The first kappa shape index (κ1) is 29.1. The summed E-state index contributed by atoms with van der Waals surface area (Å²) in [4.78, 5) is 8.83. The largest absolute Gasteiger partial charge is 0.381 e. The fraction of sp³-hybridized carbons (Fsp3) is 0.438. The number of pyridine rings is 1. The zero-order chi connectivity index (χ0) is 29.9. The number of ether oxygens (including phenoxy) is 2. The molecule has 11 heteroatoms. The lowest BCUT2D eigenvalue weighted by molar-refractivity contribution is -0.0198. The summed E-state index contributed by atoms with van der Waals surface area (Å²) >= 11 is 0. The van der Waals surface area contributed by atoms with Crippen LogP contribution in [-0.2, 0) is 9.47 Å². The fourth-order valence-corrected chi connectivity index (χ4v) is 6.54. The number of anilines is 2. The molecule has 0 bridgehead atoms. The van der Waals surface area contributed by atoms with Crippen LogP contribution in [0.15, 0.2) is 48.9 Å². The SMILES string of the molecule is CC1CC(c2ccncc2Nc2ncc3ccc(-c4c(F)cc(C5CCOCC5)cc4F)nn23)CC(N)C1OCCC#N. The highest BCUT2D eigenvalue weighted by Crippen LogP contribution is 2.40. The number of fused-ring (bicyclic) bond motifs is 1. The second-order valence-electron chi connectivity index (χ2n) is 11.5. The third-order valence-electron chi connectivity index (χ3n) is 8.66. The average molecular weight is 588 g/mol. The van der Waals surface area contributed by atoms with E-state index in [1.54, 1.807) is 35.2 Å². The van der Waals surface area contributed by atoms with E-state index in [0.717, 1.165) is 30.5 Å². The molecule has 4 aromatic rings. The molecule has 1 saturated heterocycles. The number of benzene rings is 1. The first-order valence-electron chi connectivity index (χ1n) is 14.8. The van der Waals surface area contributed by atoms with Gasteiger partial charge in [0.05, 0.1) is 60.1 Å². The fourth-order valence-electron chi connectivity index (χ4n) is 6.54. The van der Waals surface area contributed by atoms with Crippen LogP contribution < -0.4 is 11.1 Å². The van der Waals surface area contributed by atoms with E-state index in [9.17, 15) is 0 Å². The Morgan fingerprint density at radius 1 is 1.12 bits per heavy atom. The maximum absolute atomic E-state index is 15.4. The van der Waals surface area contributed by atoms with Crippen LogP contribution in [0.25, 0.3) is 16.8 Å².